The van der Waals surface area contributed by atoms with Crippen molar-refractivity contribution in [3.8, 4) is 0 Å². The zero-order valence-electron chi connectivity index (χ0n) is 6.44. The highest BCUT2D eigenvalue weighted by molar-refractivity contribution is 9.10. The van der Waals surface area contributed by atoms with Crippen LogP contribution in [0.2, 0.25) is 0 Å². The van der Waals surface area contributed by atoms with Gasteiger partial charge in [0.25, 0.3) is 0 Å². The Morgan fingerprint density at radius 1 is 1.62 bits per heavy atom. The number of carbonyl (C=O) groups is 1. The van der Waals surface area contributed by atoms with Crippen LogP contribution in [0.1, 0.15) is 9.67 Å². The Balaban J connectivity index is 3.35. The van der Waals surface area contributed by atoms with Gasteiger partial charge in [0, 0.05) is 10.7 Å². The van der Waals surface area contributed by atoms with Crippen LogP contribution in [-0.2, 0) is 9.84 Å². The van der Waals surface area contributed by atoms with Crippen molar-refractivity contribution in [2.24, 2.45) is 0 Å². The largest absolute Gasteiger partial charge is 0.477 e. The standard InChI is InChI=1S/C6H5BrO4S2/c1-13(10,11)6-3(7)2-4(12-6)5(8)9/h2H,1H3,(H,8,9). The van der Waals surface area contributed by atoms with Crippen LogP contribution in [-0.4, -0.2) is 25.7 Å². The minimum atomic E-state index is -3.34. The fourth-order valence-corrected chi connectivity index (χ4v) is 4.12. The van der Waals surface area contributed by atoms with Gasteiger partial charge in [-0.05, 0) is 22.0 Å². The van der Waals surface area contributed by atoms with Crippen molar-refractivity contribution < 1.29 is 18.3 Å². The Kier molecular flexibility index (Phi) is 2.79. The van der Waals surface area contributed by atoms with Gasteiger partial charge in [-0.2, -0.15) is 0 Å². The summed E-state index contributed by atoms with van der Waals surface area (Å²) in [7, 11) is -3.34. The zero-order valence-corrected chi connectivity index (χ0v) is 9.66. The molecule has 1 heterocycles. The number of rotatable bonds is 2. The summed E-state index contributed by atoms with van der Waals surface area (Å²) in [5.74, 6) is -1.12. The molecule has 0 spiro atoms. The molecular formula is C6H5BrO4S2. The molecule has 0 saturated carbocycles. The van der Waals surface area contributed by atoms with Crippen molar-refractivity contribution in [1.82, 2.24) is 0 Å². The normalized spacial score (nSPS) is 11.5. The van der Waals surface area contributed by atoms with Crippen LogP contribution in [0.4, 0.5) is 0 Å². The van der Waals surface area contributed by atoms with E-state index in [4.69, 9.17) is 5.11 Å². The molecular weight excluding hydrogens is 280 g/mol. The number of aromatic carboxylic acids is 1. The van der Waals surface area contributed by atoms with E-state index in [-0.39, 0.29) is 9.09 Å². The number of sulfone groups is 1. The third-order valence-corrected chi connectivity index (χ3v) is 5.32. The highest BCUT2D eigenvalue weighted by Crippen LogP contribution is 2.31. The first-order chi connectivity index (χ1) is 5.82. The van der Waals surface area contributed by atoms with Gasteiger partial charge in [0.2, 0.25) is 0 Å². The van der Waals surface area contributed by atoms with Crippen LogP contribution >= 0.6 is 27.3 Å². The number of carboxylic acid groups (broad SMARTS) is 1. The van der Waals surface area contributed by atoms with E-state index in [1.165, 1.54) is 6.07 Å². The summed E-state index contributed by atoms with van der Waals surface area (Å²) in [6, 6.07) is 1.28. The molecule has 0 unspecified atom stereocenters. The molecule has 1 N–H and O–H groups in total. The van der Waals surface area contributed by atoms with Gasteiger partial charge in [0.05, 0.1) is 0 Å². The lowest BCUT2D eigenvalue weighted by atomic mass is 10.5. The number of carboxylic acids is 1. The van der Waals surface area contributed by atoms with Gasteiger partial charge in [-0.15, -0.1) is 11.3 Å². The zero-order chi connectivity index (χ0) is 10.2. The molecule has 0 radical (unpaired) electrons. The van der Waals surface area contributed by atoms with Gasteiger partial charge >= 0.3 is 5.97 Å². The summed E-state index contributed by atoms with van der Waals surface area (Å²) < 4.78 is 22.5. The molecule has 0 aliphatic carbocycles. The van der Waals surface area contributed by atoms with Gasteiger partial charge < -0.3 is 5.11 Å². The average molecular weight is 285 g/mol. The van der Waals surface area contributed by atoms with E-state index in [2.05, 4.69) is 15.9 Å². The molecule has 13 heavy (non-hydrogen) atoms. The van der Waals surface area contributed by atoms with E-state index in [9.17, 15) is 13.2 Å². The first-order valence-electron chi connectivity index (χ1n) is 3.05. The first-order valence-corrected chi connectivity index (χ1v) is 6.55. The molecule has 0 atom stereocenters. The van der Waals surface area contributed by atoms with Crippen molar-refractivity contribution in [2.75, 3.05) is 6.26 Å². The molecule has 7 heteroatoms. The van der Waals surface area contributed by atoms with Crippen LogP contribution in [0.15, 0.2) is 14.7 Å². The summed E-state index contributed by atoms with van der Waals surface area (Å²) >= 11 is 3.73. The smallest absolute Gasteiger partial charge is 0.345 e. The molecule has 0 aliphatic rings. The van der Waals surface area contributed by atoms with Gasteiger partial charge in [0.1, 0.15) is 9.09 Å². The Bertz CT molecular complexity index is 445. The van der Waals surface area contributed by atoms with Gasteiger partial charge in [-0.1, -0.05) is 0 Å². The fraction of sp³-hybridized carbons (Fsp3) is 0.167. The molecule has 0 aliphatic heterocycles. The SMILES string of the molecule is CS(=O)(=O)c1sc(C(=O)O)cc1Br. The molecule has 1 aromatic rings. The molecule has 0 fully saturated rings. The molecule has 0 aromatic carbocycles. The second-order valence-corrected chi connectivity index (χ2v) is 6.44. The second-order valence-electron chi connectivity index (χ2n) is 2.32. The van der Waals surface area contributed by atoms with Crippen LogP contribution in [0.3, 0.4) is 0 Å². The fourth-order valence-electron chi connectivity index (χ4n) is 0.710. The Morgan fingerprint density at radius 3 is 2.38 bits per heavy atom. The summed E-state index contributed by atoms with van der Waals surface area (Å²) in [6.07, 6.45) is 1.04. The third-order valence-electron chi connectivity index (χ3n) is 1.20. The summed E-state index contributed by atoms with van der Waals surface area (Å²) in [5, 5.41) is 8.58. The molecule has 72 valence electrons. The number of hydrogen-bond acceptors (Lipinski definition) is 4. The number of hydrogen-bond donors (Lipinski definition) is 1. The van der Waals surface area contributed by atoms with Crippen molar-refractivity contribution in [3.05, 3.63) is 15.4 Å². The minimum absolute atomic E-state index is 0.00676. The number of halogens is 1. The van der Waals surface area contributed by atoms with E-state index in [1.54, 1.807) is 0 Å². The predicted octanol–water partition coefficient (Wildman–Crippen LogP) is 1.61. The monoisotopic (exact) mass is 284 g/mol. The summed E-state index contributed by atoms with van der Waals surface area (Å²) in [4.78, 5) is 10.5. The van der Waals surface area contributed by atoms with Gasteiger partial charge in [-0.3, -0.25) is 0 Å². The molecule has 1 rings (SSSR count). The van der Waals surface area contributed by atoms with Crippen molar-refractivity contribution in [2.45, 2.75) is 4.21 Å². The molecule has 0 amide bonds. The van der Waals surface area contributed by atoms with Crippen LogP contribution in [0.25, 0.3) is 0 Å². The lowest BCUT2D eigenvalue weighted by molar-refractivity contribution is 0.0702. The average Bonchev–Trinajstić information content (AvgIpc) is 2.29. The predicted molar refractivity (Wildman–Crippen MR) is 52.1 cm³/mol. The van der Waals surface area contributed by atoms with Gasteiger partial charge in [-0.25, -0.2) is 13.2 Å². The minimum Gasteiger partial charge on any atom is -0.477 e. The molecule has 4 nitrogen and oxygen atoms in total. The van der Waals surface area contributed by atoms with Crippen LogP contribution in [0, 0.1) is 0 Å². The van der Waals surface area contributed by atoms with E-state index >= 15 is 0 Å². The Labute approximate surface area is 87.3 Å². The van der Waals surface area contributed by atoms with Crippen LogP contribution in [0.5, 0.6) is 0 Å². The maximum Gasteiger partial charge on any atom is 0.345 e. The van der Waals surface area contributed by atoms with E-state index < -0.39 is 15.8 Å². The Morgan fingerprint density at radius 2 is 2.15 bits per heavy atom. The van der Waals surface area contributed by atoms with Crippen LogP contribution < -0.4 is 0 Å². The number of thiophene rings is 1. The highest BCUT2D eigenvalue weighted by Gasteiger charge is 2.19. The van der Waals surface area contributed by atoms with Gasteiger partial charge in [0.15, 0.2) is 9.84 Å². The maximum absolute atomic E-state index is 11.1. The Hall–Kier alpha value is -0.400. The quantitative estimate of drug-likeness (QED) is 0.896. The summed E-state index contributed by atoms with van der Waals surface area (Å²) in [5.41, 5.74) is 0. The van der Waals surface area contributed by atoms with Crippen molar-refractivity contribution in [3.63, 3.8) is 0 Å². The summed E-state index contributed by atoms with van der Waals surface area (Å²) in [6.45, 7) is 0. The lowest BCUT2D eigenvalue weighted by Crippen LogP contribution is -1.93. The van der Waals surface area contributed by atoms with Crippen molar-refractivity contribution >= 4 is 43.1 Å². The third kappa shape index (κ3) is 2.29. The highest BCUT2D eigenvalue weighted by atomic mass is 79.9. The molecule has 1 aromatic heterocycles. The lowest BCUT2D eigenvalue weighted by Gasteiger charge is -1.91. The van der Waals surface area contributed by atoms with E-state index in [0.29, 0.717) is 4.47 Å². The maximum atomic E-state index is 11.1. The van der Waals surface area contributed by atoms with E-state index in [0.717, 1.165) is 17.6 Å². The molecule has 0 bridgehead atoms. The second kappa shape index (κ2) is 3.39. The molecule has 0 saturated heterocycles. The van der Waals surface area contributed by atoms with Crippen molar-refractivity contribution in [1.29, 1.82) is 0 Å². The first kappa shape index (κ1) is 10.7. The van der Waals surface area contributed by atoms with E-state index in [1.807, 2.05) is 0 Å². The topological polar surface area (TPSA) is 71.4 Å².